The van der Waals surface area contributed by atoms with Crippen molar-refractivity contribution in [2.75, 3.05) is 20.3 Å². The Morgan fingerprint density at radius 1 is 1.62 bits per heavy atom. The molecule has 0 unspecified atom stereocenters. The Morgan fingerprint density at radius 3 is 3.15 bits per heavy atom. The van der Waals surface area contributed by atoms with Crippen LogP contribution in [0.4, 0.5) is 0 Å². The van der Waals surface area contributed by atoms with Gasteiger partial charge in [0.05, 0.1) is 11.6 Å². The minimum atomic E-state index is 0.758. The number of nitrogens with zero attached hydrogens (tertiary/aromatic N) is 1. The molecule has 74 valence electrons. The zero-order valence-corrected chi connectivity index (χ0v) is 8.99. The van der Waals surface area contributed by atoms with Crippen molar-refractivity contribution in [3.8, 4) is 0 Å². The summed E-state index contributed by atoms with van der Waals surface area (Å²) in [7, 11) is 1.72. The summed E-state index contributed by atoms with van der Waals surface area (Å²) in [5.41, 5.74) is 0. The van der Waals surface area contributed by atoms with E-state index in [1.807, 2.05) is 6.20 Å². The summed E-state index contributed by atoms with van der Waals surface area (Å²) in [4.78, 5) is 5.60. The zero-order valence-electron chi connectivity index (χ0n) is 8.17. The second-order valence-electron chi connectivity index (χ2n) is 2.74. The molecule has 0 radical (unpaired) electrons. The van der Waals surface area contributed by atoms with Gasteiger partial charge in [-0.2, -0.15) is 0 Å². The molecule has 0 saturated carbocycles. The van der Waals surface area contributed by atoms with Crippen LogP contribution in [-0.2, 0) is 17.7 Å². The number of hydrogen-bond donors (Lipinski definition) is 1. The van der Waals surface area contributed by atoms with E-state index in [1.54, 1.807) is 18.4 Å². The first kappa shape index (κ1) is 10.6. The smallest absolute Gasteiger partial charge is 0.0951 e. The van der Waals surface area contributed by atoms with Gasteiger partial charge in [-0.15, -0.1) is 11.3 Å². The minimum absolute atomic E-state index is 0.758. The molecule has 0 atom stereocenters. The summed E-state index contributed by atoms with van der Waals surface area (Å²) in [6.45, 7) is 4.80. The highest BCUT2D eigenvalue weighted by Gasteiger charge is 2.00. The van der Waals surface area contributed by atoms with Crippen LogP contribution in [0.3, 0.4) is 0 Å². The molecule has 1 aromatic rings. The average Bonchev–Trinajstić information content (AvgIpc) is 2.59. The van der Waals surface area contributed by atoms with Gasteiger partial charge in [-0.3, -0.25) is 0 Å². The number of rotatable bonds is 6. The van der Waals surface area contributed by atoms with Crippen molar-refractivity contribution in [3.05, 3.63) is 16.1 Å². The van der Waals surface area contributed by atoms with Gasteiger partial charge in [-0.25, -0.2) is 4.98 Å². The highest BCUT2D eigenvalue weighted by Crippen LogP contribution is 2.12. The normalized spacial score (nSPS) is 10.6. The predicted octanol–water partition coefficient (Wildman–Crippen LogP) is 1.44. The van der Waals surface area contributed by atoms with Crippen molar-refractivity contribution in [2.45, 2.75) is 19.9 Å². The fraction of sp³-hybridized carbons (Fsp3) is 0.667. The van der Waals surface area contributed by atoms with Crippen molar-refractivity contribution in [1.29, 1.82) is 0 Å². The Kier molecular flexibility index (Phi) is 4.97. The van der Waals surface area contributed by atoms with Gasteiger partial charge >= 0.3 is 0 Å². The van der Waals surface area contributed by atoms with E-state index in [0.717, 1.165) is 31.1 Å². The topological polar surface area (TPSA) is 34.2 Å². The third-order valence-corrected chi connectivity index (χ3v) is 2.73. The van der Waals surface area contributed by atoms with Crippen molar-refractivity contribution in [3.63, 3.8) is 0 Å². The molecule has 3 nitrogen and oxygen atoms in total. The molecule has 1 N–H and O–H groups in total. The minimum Gasteiger partial charge on any atom is -0.384 e. The van der Waals surface area contributed by atoms with Gasteiger partial charge in [0.25, 0.3) is 0 Å². The molecule has 0 bridgehead atoms. The summed E-state index contributed by atoms with van der Waals surface area (Å²) in [6.07, 6.45) is 2.87. The van der Waals surface area contributed by atoms with Crippen LogP contribution in [0.2, 0.25) is 0 Å². The van der Waals surface area contributed by atoms with E-state index in [4.69, 9.17) is 4.74 Å². The van der Waals surface area contributed by atoms with E-state index < -0.39 is 0 Å². The van der Waals surface area contributed by atoms with Crippen LogP contribution in [0.25, 0.3) is 0 Å². The lowest BCUT2D eigenvalue weighted by atomic mass is 10.5. The largest absolute Gasteiger partial charge is 0.384 e. The molecule has 13 heavy (non-hydrogen) atoms. The number of thiazole rings is 1. The SMILES string of the molecule is CCNCc1cnc(CCOC)s1. The van der Waals surface area contributed by atoms with Crippen LogP contribution >= 0.6 is 11.3 Å². The zero-order chi connectivity index (χ0) is 9.52. The molecule has 0 fully saturated rings. The van der Waals surface area contributed by atoms with Crippen LogP contribution in [0.5, 0.6) is 0 Å². The second kappa shape index (κ2) is 6.07. The Morgan fingerprint density at radius 2 is 2.46 bits per heavy atom. The number of ether oxygens (including phenoxy) is 1. The molecule has 0 saturated heterocycles. The Hall–Kier alpha value is -0.450. The van der Waals surface area contributed by atoms with Gasteiger partial charge in [-0.05, 0) is 6.54 Å². The highest BCUT2D eigenvalue weighted by molar-refractivity contribution is 7.11. The van der Waals surface area contributed by atoms with E-state index >= 15 is 0 Å². The maximum Gasteiger partial charge on any atom is 0.0951 e. The monoisotopic (exact) mass is 200 g/mol. The number of aromatic nitrogens is 1. The molecule has 1 aromatic heterocycles. The van der Waals surface area contributed by atoms with Crippen LogP contribution in [0.1, 0.15) is 16.8 Å². The van der Waals surface area contributed by atoms with E-state index in [9.17, 15) is 0 Å². The van der Waals surface area contributed by atoms with Gasteiger partial charge in [0.1, 0.15) is 0 Å². The Bertz CT molecular complexity index is 215. The maximum atomic E-state index is 4.99. The summed E-state index contributed by atoms with van der Waals surface area (Å²) in [6, 6.07) is 0. The second-order valence-corrected chi connectivity index (χ2v) is 3.94. The number of nitrogens with one attached hydrogen (secondary N) is 1. The lowest BCUT2D eigenvalue weighted by molar-refractivity contribution is 0.202. The maximum absolute atomic E-state index is 4.99. The molecule has 0 aliphatic heterocycles. The van der Waals surface area contributed by atoms with Crippen LogP contribution in [-0.4, -0.2) is 25.2 Å². The summed E-state index contributed by atoms with van der Waals surface area (Å²) in [5, 5.41) is 4.43. The fourth-order valence-electron chi connectivity index (χ4n) is 0.983. The highest BCUT2D eigenvalue weighted by atomic mass is 32.1. The Labute approximate surface area is 83.1 Å². The third kappa shape index (κ3) is 3.85. The van der Waals surface area contributed by atoms with Crippen molar-refractivity contribution >= 4 is 11.3 Å². The molecule has 0 aromatic carbocycles. The summed E-state index contributed by atoms with van der Waals surface area (Å²) in [5.74, 6) is 0. The molecular weight excluding hydrogens is 184 g/mol. The predicted molar refractivity (Wildman–Crippen MR) is 55.1 cm³/mol. The van der Waals surface area contributed by atoms with Crippen molar-refractivity contribution < 1.29 is 4.74 Å². The number of methoxy groups -OCH3 is 1. The number of hydrogen-bond acceptors (Lipinski definition) is 4. The van der Waals surface area contributed by atoms with E-state index in [2.05, 4.69) is 17.2 Å². The molecule has 0 aliphatic carbocycles. The van der Waals surface area contributed by atoms with Crippen molar-refractivity contribution in [1.82, 2.24) is 10.3 Å². The van der Waals surface area contributed by atoms with E-state index in [-0.39, 0.29) is 0 Å². The molecule has 4 heteroatoms. The first-order valence-corrected chi connectivity index (χ1v) is 5.31. The van der Waals surface area contributed by atoms with Crippen LogP contribution in [0.15, 0.2) is 6.20 Å². The summed E-state index contributed by atoms with van der Waals surface area (Å²) < 4.78 is 4.99. The Balaban J connectivity index is 2.34. The van der Waals surface area contributed by atoms with Gasteiger partial charge in [0.2, 0.25) is 0 Å². The van der Waals surface area contributed by atoms with E-state index in [1.165, 1.54) is 4.88 Å². The van der Waals surface area contributed by atoms with Gasteiger partial charge < -0.3 is 10.1 Å². The molecule has 0 aliphatic rings. The molecule has 1 rings (SSSR count). The van der Waals surface area contributed by atoms with E-state index in [0.29, 0.717) is 0 Å². The molecule has 0 spiro atoms. The van der Waals surface area contributed by atoms with Gasteiger partial charge in [0, 0.05) is 31.1 Å². The van der Waals surface area contributed by atoms with Crippen LogP contribution < -0.4 is 5.32 Å². The molecular formula is C9H16N2OS. The van der Waals surface area contributed by atoms with Crippen LogP contribution in [0, 0.1) is 0 Å². The summed E-state index contributed by atoms with van der Waals surface area (Å²) >= 11 is 1.76. The van der Waals surface area contributed by atoms with Gasteiger partial charge in [0.15, 0.2) is 0 Å². The fourth-order valence-corrected chi connectivity index (χ4v) is 1.86. The first-order chi connectivity index (χ1) is 6.36. The lowest BCUT2D eigenvalue weighted by Gasteiger charge is -1.95. The standard InChI is InChI=1S/C9H16N2OS/c1-3-10-6-8-7-11-9(13-8)4-5-12-2/h7,10H,3-6H2,1-2H3. The van der Waals surface area contributed by atoms with Gasteiger partial charge in [-0.1, -0.05) is 6.92 Å². The first-order valence-electron chi connectivity index (χ1n) is 4.50. The molecule has 1 heterocycles. The van der Waals surface area contributed by atoms with Crippen molar-refractivity contribution in [2.24, 2.45) is 0 Å². The third-order valence-electron chi connectivity index (χ3n) is 1.67. The lowest BCUT2D eigenvalue weighted by Crippen LogP contribution is -2.10. The average molecular weight is 200 g/mol. The quantitative estimate of drug-likeness (QED) is 0.754. The molecule has 0 amide bonds.